The van der Waals surface area contributed by atoms with E-state index in [1.54, 1.807) is 43.9 Å². The summed E-state index contributed by atoms with van der Waals surface area (Å²) in [6.07, 6.45) is 0.320. The molecule has 0 fully saturated rings. The van der Waals surface area contributed by atoms with Crippen LogP contribution in [-0.2, 0) is 32.6 Å². The number of halogens is 3. The average molecular weight is 636 g/mol. The van der Waals surface area contributed by atoms with E-state index in [2.05, 4.69) is 8.92 Å². The molecular weight excluding hydrogens is 603 g/mol. The van der Waals surface area contributed by atoms with Crippen molar-refractivity contribution in [3.63, 3.8) is 0 Å². The number of methoxy groups -OCH3 is 1. The van der Waals surface area contributed by atoms with Gasteiger partial charge in [0, 0.05) is 6.54 Å². The molecule has 1 amide bonds. The van der Waals surface area contributed by atoms with Crippen molar-refractivity contribution >= 4 is 22.2 Å². The third-order valence-corrected chi connectivity index (χ3v) is 7.55. The van der Waals surface area contributed by atoms with Crippen molar-refractivity contribution < 1.29 is 49.6 Å². The maximum absolute atomic E-state index is 13.0. The summed E-state index contributed by atoms with van der Waals surface area (Å²) in [5, 5.41) is 0. The summed E-state index contributed by atoms with van der Waals surface area (Å²) in [5.74, 6) is -1.32. The number of ether oxygens (including phenoxy) is 3. The topological polar surface area (TPSA) is 108 Å². The molecule has 0 saturated carbocycles. The number of hydrogen-bond donors (Lipinski definition) is 0. The number of hydrogen-bond acceptors (Lipinski definition) is 8. The second-order valence-corrected chi connectivity index (χ2v) is 12.7. The van der Waals surface area contributed by atoms with E-state index in [-0.39, 0.29) is 12.6 Å². The lowest BCUT2D eigenvalue weighted by molar-refractivity contribution is -0.0500. The van der Waals surface area contributed by atoms with Crippen LogP contribution in [0.4, 0.5) is 18.0 Å². The lowest BCUT2D eigenvalue weighted by Gasteiger charge is -2.33. The van der Waals surface area contributed by atoms with Gasteiger partial charge in [-0.25, -0.2) is 9.59 Å². The summed E-state index contributed by atoms with van der Waals surface area (Å²) < 4.78 is 83.2. The minimum atomic E-state index is -6.05. The van der Waals surface area contributed by atoms with Crippen LogP contribution in [0.25, 0.3) is 11.1 Å². The van der Waals surface area contributed by atoms with Gasteiger partial charge in [0.1, 0.15) is 23.0 Å². The average Bonchev–Trinajstić information content (AvgIpc) is 2.95. The molecule has 0 radical (unpaired) electrons. The first-order valence-electron chi connectivity index (χ1n) is 13.6. The van der Waals surface area contributed by atoms with Gasteiger partial charge < -0.3 is 23.3 Å². The molecule has 9 nitrogen and oxygen atoms in total. The van der Waals surface area contributed by atoms with Gasteiger partial charge in [-0.05, 0) is 80.1 Å². The Morgan fingerprint density at radius 1 is 0.977 bits per heavy atom. The Labute approximate surface area is 253 Å². The Hall–Kier alpha value is -4.26. The first-order chi connectivity index (χ1) is 20.6. The lowest BCUT2D eigenvalue weighted by Crippen LogP contribution is -2.43. The zero-order valence-corrected chi connectivity index (χ0v) is 25.3. The number of aryl methyl sites for hydroxylation is 1. The predicted molar refractivity (Wildman–Crippen MR) is 155 cm³/mol. The number of carbonyl (C=O) groups is 2. The third kappa shape index (κ3) is 8.01. The molecule has 0 spiro atoms. The molecule has 0 unspecified atom stereocenters. The molecule has 236 valence electrons. The van der Waals surface area contributed by atoms with Gasteiger partial charge in [0.25, 0.3) is 0 Å². The number of amides is 1. The van der Waals surface area contributed by atoms with Crippen molar-refractivity contribution in [2.45, 2.75) is 57.4 Å². The van der Waals surface area contributed by atoms with Crippen LogP contribution >= 0.6 is 0 Å². The number of fused-ring (bicyclic) bond motifs is 1. The fraction of sp³-hybridized carbons (Fsp3) is 0.355. The number of rotatable bonds is 8. The molecule has 1 atom stereocenters. The first kappa shape index (κ1) is 32.6. The summed E-state index contributed by atoms with van der Waals surface area (Å²) >= 11 is 0. The molecule has 44 heavy (non-hydrogen) atoms. The molecule has 4 rings (SSSR count). The highest BCUT2D eigenvalue weighted by atomic mass is 32.2. The summed E-state index contributed by atoms with van der Waals surface area (Å²) in [7, 11) is -5.04. The second kappa shape index (κ2) is 12.8. The standard InChI is InChI=1S/C31H32F3NO8S/c1-30(2,3)42-29(37)35(18-20-8-6-5-7-9-20)19-24-13-10-23-16-21(12-15-26(23)41-24)22-11-14-25(28(36)40-4)27(17-22)43-44(38,39)31(32,33)34/h5-9,11-12,14-17,24H,10,13,18-19H2,1-4H3/t24-/m1/s1. The van der Waals surface area contributed by atoms with Gasteiger partial charge in [0.2, 0.25) is 0 Å². The lowest BCUT2D eigenvalue weighted by atomic mass is 9.96. The zero-order valence-electron chi connectivity index (χ0n) is 24.5. The fourth-order valence-corrected chi connectivity index (χ4v) is 5.02. The van der Waals surface area contributed by atoms with Crippen molar-refractivity contribution in [3.8, 4) is 22.6 Å². The molecule has 3 aromatic carbocycles. The van der Waals surface area contributed by atoms with Gasteiger partial charge in [-0.3, -0.25) is 0 Å². The second-order valence-electron chi connectivity index (χ2n) is 11.1. The van der Waals surface area contributed by atoms with E-state index < -0.39 is 44.6 Å². The first-order valence-corrected chi connectivity index (χ1v) is 15.0. The van der Waals surface area contributed by atoms with Crippen LogP contribution in [0.1, 0.15) is 48.7 Å². The normalized spacial score (nSPS) is 15.0. The minimum Gasteiger partial charge on any atom is -0.488 e. The number of nitrogens with zero attached hydrogens (tertiary/aromatic N) is 1. The molecule has 1 heterocycles. The molecule has 0 saturated heterocycles. The summed E-state index contributed by atoms with van der Waals surface area (Å²) in [4.78, 5) is 26.8. The number of carbonyl (C=O) groups excluding carboxylic acids is 2. The van der Waals surface area contributed by atoms with Crippen LogP contribution in [0, 0.1) is 0 Å². The van der Waals surface area contributed by atoms with Crippen LogP contribution in [0.2, 0.25) is 0 Å². The van der Waals surface area contributed by atoms with Gasteiger partial charge >= 0.3 is 27.7 Å². The Morgan fingerprint density at radius 2 is 1.64 bits per heavy atom. The molecule has 3 aromatic rings. The van der Waals surface area contributed by atoms with Crippen LogP contribution in [0.15, 0.2) is 66.7 Å². The molecule has 0 N–H and O–H groups in total. The van der Waals surface area contributed by atoms with E-state index in [9.17, 15) is 31.2 Å². The van der Waals surface area contributed by atoms with Crippen LogP contribution in [0.5, 0.6) is 11.5 Å². The van der Waals surface area contributed by atoms with E-state index in [4.69, 9.17) is 9.47 Å². The van der Waals surface area contributed by atoms with Crippen molar-refractivity contribution in [2.24, 2.45) is 0 Å². The summed E-state index contributed by atoms with van der Waals surface area (Å²) in [6.45, 7) is 5.99. The molecule has 13 heteroatoms. The molecular formula is C31H32F3NO8S. The fourth-order valence-electron chi connectivity index (χ4n) is 4.55. The Kier molecular flexibility index (Phi) is 9.47. The van der Waals surface area contributed by atoms with Crippen molar-refractivity contribution in [3.05, 3.63) is 83.4 Å². The third-order valence-electron chi connectivity index (χ3n) is 6.58. The van der Waals surface area contributed by atoms with Crippen LogP contribution < -0.4 is 8.92 Å². The molecule has 0 aromatic heterocycles. The summed E-state index contributed by atoms with van der Waals surface area (Å²) in [5.41, 5.74) is -4.31. The van der Waals surface area contributed by atoms with E-state index in [0.29, 0.717) is 36.3 Å². The Morgan fingerprint density at radius 3 is 2.27 bits per heavy atom. The summed E-state index contributed by atoms with van der Waals surface area (Å²) in [6, 6.07) is 18.2. The smallest absolute Gasteiger partial charge is 0.488 e. The Bertz CT molecular complexity index is 1620. The number of alkyl halides is 3. The van der Waals surface area contributed by atoms with E-state index in [1.807, 2.05) is 30.3 Å². The van der Waals surface area contributed by atoms with Gasteiger partial charge in [0.05, 0.1) is 13.7 Å². The predicted octanol–water partition coefficient (Wildman–Crippen LogP) is 6.50. The van der Waals surface area contributed by atoms with Crippen molar-refractivity contribution in [1.82, 2.24) is 4.90 Å². The van der Waals surface area contributed by atoms with Gasteiger partial charge in [-0.15, -0.1) is 0 Å². The van der Waals surface area contributed by atoms with Crippen molar-refractivity contribution in [1.29, 1.82) is 0 Å². The van der Waals surface area contributed by atoms with Crippen LogP contribution in [0.3, 0.4) is 0 Å². The van der Waals surface area contributed by atoms with Gasteiger partial charge in [0.15, 0.2) is 5.75 Å². The minimum absolute atomic E-state index is 0.272. The zero-order chi connectivity index (χ0) is 32.3. The van der Waals surface area contributed by atoms with E-state index in [0.717, 1.165) is 30.4 Å². The maximum atomic E-state index is 13.0. The van der Waals surface area contributed by atoms with E-state index >= 15 is 0 Å². The van der Waals surface area contributed by atoms with Crippen molar-refractivity contribution in [2.75, 3.05) is 13.7 Å². The molecule has 0 aliphatic carbocycles. The quantitative estimate of drug-likeness (QED) is 0.157. The monoisotopic (exact) mass is 635 g/mol. The largest absolute Gasteiger partial charge is 0.534 e. The van der Waals surface area contributed by atoms with E-state index in [1.165, 1.54) is 6.07 Å². The highest BCUT2D eigenvalue weighted by Gasteiger charge is 2.49. The SMILES string of the molecule is COC(=O)c1ccc(-c2ccc3c(c2)CC[C@H](CN(Cc2ccccc2)C(=O)OC(C)(C)C)O3)cc1OS(=O)(=O)C(F)(F)F. The van der Waals surface area contributed by atoms with Gasteiger partial charge in [-0.1, -0.05) is 42.5 Å². The molecule has 0 bridgehead atoms. The Balaban J connectivity index is 1.56. The van der Waals surface area contributed by atoms with Crippen LogP contribution in [-0.4, -0.2) is 56.2 Å². The number of esters is 1. The van der Waals surface area contributed by atoms with Gasteiger partial charge in [-0.2, -0.15) is 21.6 Å². The highest BCUT2D eigenvalue weighted by molar-refractivity contribution is 7.88. The highest BCUT2D eigenvalue weighted by Crippen LogP contribution is 2.36. The molecule has 1 aliphatic rings. The maximum Gasteiger partial charge on any atom is 0.534 e. The number of benzene rings is 3. The molecule has 1 aliphatic heterocycles.